The molecule has 0 aliphatic carbocycles. The number of aryl methyl sites for hydroxylation is 1. The van der Waals surface area contributed by atoms with Crippen LogP contribution in [0.5, 0.6) is 0 Å². The molecule has 0 amide bonds. The van der Waals surface area contributed by atoms with Crippen molar-refractivity contribution in [2.45, 2.75) is 11.4 Å². The maximum Gasteiger partial charge on any atom is 0.248 e. The lowest BCUT2D eigenvalue weighted by atomic mass is 10.3. The monoisotopic (exact) mass is 298 g/mol. The van der Waals surface area contributed by atoms with Crippen molar-refractivity contribution in [3.05, 3.63) is 42.2 Å². The van der Waals surface area contributed by atoms with Crippen molar-refractivity contribution in [3.8, 4) is 0 Å². The number of nitrogens with zero attached hydrogens (tertiary/aromatic N) is 3. The van der Waals surface area contributed by atoms with Crippen LogP contribution in [0.2, 0.25) is 0 Å². The summed E-state index contributed by atoms with van der Waals surface area (Å²) in [6, 6.07) is 3.78. The van der Waals surface area contributed by atoms with Crippen molar-refractivity contribution < 1.29 is 12.8 Å². The number of hydrogen-bond donors (Lipinski definition) is 1. The molecule has 1 aromatic heterocycles. The lowest BCUT2D eigenvalue weighted by Crippen LogP contribution is -2.29. The number of nitrogens with two attached hydrogens (primary N) is 1. The lowest BCUT2D eigenvalue weighted by Gasteiger charge is -2.18. The van der Waals surface area contributed by atoms with Gasteiger partial charge in [0.2, 0.25) is 10.0 Å². The summed E-state index contributed by atoms with van der Waals surface area (Å²) in [6.45, 7) is 0.0274. The quantitative estimate of drug-likeness (QED) is 0.853. The highest BCUT2D eigenvalue weighted by molar-refractivity contribution is 7.89. The minimum absolute atomic E-state index is 0.0274. The van der Waals surface area contributed by atoms with Gasteiger partial charge in [0.1, 0.15) is 16.5 Å². The number of hydrogen-bond acceptors (Lipinski definition) is 4. The third kappa shape index (κ3) is 2.52. The Bertz CT molecular complexity index is 707. The molecule has 0 atom stereocenters. The Hall–Kier alpha value is -1.93. The summed E-state index contributed by atoms with van der Waals surface area (Å²) in [4.78, 5) is 3.54. The molecule has 0 saturated carbocycles. The van der Waals surface area contributed by atoms with E-state index in [4.69, 9.17) is 5.73 Å². The Morgan fingerprint density at radius 2 is 2.15 bits per heavy atom. The number of imidazole rings is 1. The molecule has 2 aromatic rings. The highest BCUT2D eigenvalue weighted by atomic mass is 32.2. The van der Waals surface area contributed by atoms with Crippen LogP contribution in [0.4, 0.5) is 10.1 Å². The third-order valence-electron chi connectivity index (χ3n) is 2.95. The molecule has 20 heavy (non-hydrogen) atoms. The van der Waals surface area contributed by atoms with Crippen LogP contribution < -0.4 is 5.73 Å². The van der Waals surface area contributed by atoms with E-state index in [0.717, 1.165) is 10.4 Å². The Balaban J connectivity index is 2.38. The Morgan fingerprint density at radius 1 is 1.45 bits per heavy atom. The van der Waals surface area contributed by atoms with Crippen LogP contribution in [0.25, 0.3) is 0 Å². The summed E-state index contributed by atoms with van der Waals surface area (Å²) < 4.78 is 41.2. The maximum atomic E-state index is 13.8. The maximum absolute atomic E-state index is 13.8. The van der Waals surface area contributed by atoms with Crippen LogP contribution in [0, 0.1) is 5.82 Å². The number of halogens is 1. The van der Waals surface area contributed by atoms with Crippen molar-refractivity contribution in [1.29, 1.82) is 0 Å². The highest BCUT2D eigenvalue weighted by Gasteiger charge is 2.27. The van der Waals surface area contributed by atoms with E-state index >= 15 is 0 Å². The second kappa shape index (κ2) is 5.22. The summed E-state index contributed by atoms with van der Waals surface area (Å²) in [6.07, 6.45) is 3.26. The van der Waals surface area contributed by atoms with Crippen LogP contribution in [-0.4, -0.2) is 29.3 Å². The molecule has 0 bridgehead atoms. The first-order valence-electron chi connectivity index (χ1n) is 5.80. The molecular formula is C12H15FN4O2S. The van der Waals surface area contributed by atoms with Gasteiger partial charge in [-0.1, -0.05) is 6.07 Å². The molecule has 0 aliphatic rings. The zero-order valence-corrected chi connectivity index (χ0v) is 11.9. The highest BCUT2D eigenvalue weighted by Crippen LogP contribution is 2.25. The predicted octanol–water partition coefficient (Wildman–Crippen LogP) is 0.962. The summed E-state index contributed by atoms with van der Waals surface area (Å²) in [5.74, 6) is -0.317. The van der Waals surface area contributed by atoms with E-state index in [1.807, 2.05) is 0 Å². The predicted molar refractivity (Wildman–Crippen MR) is 72.7 cm³/mol. The van der Waals surface area contributed by atoms with Crippen molar-refractivity contribution in [2.75, 3.05) is 12.8 Å². The van der Waals surface area contributed by atoms with Gasteiger partial charge in [0.05, 0.1) is 12.2 Å². The molecule has 0 spiro atoms. The molecule has 1 aromatic carbocycles. The van der Waals surface area contributed by atoms with Gasteiger partial charge in [0, 0.05) is 26.5 Å². The molecule has 2 rings (SSSR count). The second-order valence-electron chi connectivity index (χ2n) is 4.37. The minimum atomic E-state index is -4.01. The van der Waals surface area contributed by atoms with E-state index in [1.165, 1.54) is 19.2 Å². The van der Waals surface area contributed by atoms with Gasteiger partial charge in [-0.3, -0.25) is 0 Å². The third-order valence-corrected chi connectivity index (χ3v) is 4.85. The molecule has 0 aliphatic heterocycles. The SMILES string of the molecule is CN(Cc1nccn1C)S(=O)(=O)c1c(N)cccc1F. The van der Waals surface area contributed by atoms with Crippen LogP contribution in [-0.2, 0) is 23.6 Å². The molecule has 0 unspecified atom stereocenters. The fourth-order valence-electron chi connectivity index (χ4n) is 1.79. The number of anilines is 1. The van der Waals surface area contributed by atoms with Crippen molar-refractivity contribution in [1.82, 2.24) is 13.9 Å². The summed E-state index contributed by atoms with van der Waals surface area (Å²) >= 11 is 0. The molecule has 1 heterocycles. The van der Waals surface area contributed by atoms with E-state index in [2.05, 4.69) is 4.98 Å². The zero-order valence-electron chi connectivity index (χ0n) is 11.1. The largest absolute Gasteiger partial charge is 0.398 e. The standard InChI is InChI=1S/C12H15FN4O2S/c1-16-7-6-15-11(16)8-17(2)20(18,19)12-9(13)4-3-5-10(12)14/h3-7H,8,14H2,1-2H3. The molecule has 6 nitrogen and oxygen atoms in total. The van der Waals surface area contributed by atoms with E-state index in [9.17, 15) is 12.8 Å². The van der Waals surface area contributed by atoms with Gasteiger partial charge >= 0.3 is 0 Å². The summed E-state index contributed by atoms with van der Waals surface area (Å²) in [5.41, 5.74) is 5.47. The van der Waals surface area contributed by atoms with Gasteiger partial charge in [-0.25, -0.2) is 17.8 Å². The Labute approximate surface area is 116 Å². The lowest BCUT2D eigenvalue weighted by molar-refractivity contribution is 0.446. The fraction of sp³-hybridized carbons (Fsp3) is 0.250. The van der Waals surface area contributed by atoms with E-state index in [-0.39, 0.29) is 12.2 Å². The average Bonchev–Trinajstić information content (AvgIpc) is 2.74. The molecular weight excluding hydrogens is 283 g/mol. The van der Waals surface area contributed by atoms with Crippen molar-refractivity contribution >= 4 is 15.7 Å². The topological polar surface area (TPSA) is 81.2 Å². The van der Waals surface area contributed by atoms with Gasteiger partial charge in [0.15, 0.2) is 0 Å². The van der Waals surface area contributed by atoms with E-state index < -0.39 is 20.7 Å². The van der Waals surface area contributed by atoms with Gasteiger partial charge in [-0.15, -0.1) is 0 Å². The molecule has 0 saturated heterocycles. The normalized spacial score (nSPS) is 12.0. The first-order valence-corrected chi connectivity index (χ1v) is 7.24. The Morgan fingerprint density at radius 3 is 2.70 bits per heavy atom. The molecule has 8 heteroatoms. The van der Waals surface area contributed by atoms with Gasteiger partial charge in [-0.2, -0.15) is 4.31 Å². The molecule has 108 valence electrons. The first kappa shape index (κ1) is 14.5. The number of rotatable bonds is 4. The van der Waals surface area contributed by atoms with Gasteiger partial charge in [-0.05, 0) is 12.1 Å². The van der Waals surface area contributed by atoms with E-state index in [0.29, 0.717) is 5.82 Å². The van der Waals surface area contributed by atoms with Crippen LogP contribution in [0.3, 0.4) is 0 Å². The Kier molecular flexibility index (Phi) is 3.78. The van der Waals surface area contributed by atoms with Gasteiger partial charge in [0.25, 0.3) is 0 Å². The van der Waals surface area contributed by atoms with E-state index in [1.54, 1.807) is 24.0 Å². The fourth-order valence-corrected chi connectivity index (χ4v) is 3.06. The summed E-state index contributed by atoms with van der Waals surface area (Å²) in [7, 11) is -0.906. The minimum Gasteiger partial charge on any atom is -0.398 e. The smallest absolute Gasteiger partial charge is 0.248 e. The van der Waals surface area contributed by atoms with Crippen LogP contribution >= 0.6 is 0 Å². The van der Waals surface area contributed by atoms with Crippen LogP contribution in [0.1, 0.15) is 5.82 Å². The second-order valence-corrected chi connectivity index (χ2v) is 6.36. The molecule has 0 radical (unpaired) electrons. The summed E-state index contributed by atoms with van der Waals surface area (Å²) in [5, 5.41) is 0. The van der Waals surface area contributed by atoms with Crippen molar-refractivity contribution in [2.24, 2.45) is 7.05 Å². The molecule has 2 N–H and O–H groups in total. The number of aromatic nitrogens is 2. The average molecular weight is 298 g/mol. The van der Waals surface area contributed by atoms with Crippen LogP contribution in [0.15, 0.2) is 35.5 Å². The van der Waals surface area contributed by atoms with Crippen molar-refractivity contribution in [3.63, 3.8) is 0 Å². The molecule has 0 fully saturated rings. The number of nitrogen functional groups attached to an aromatic ring is 1. The number of sulfonamides is 1. The number of benzene rings is 1. The van der Waals surface area contributed by atoms with Gasteiger partial charge < -0.3 is 10.3 Å². The first-order chi connectivity index (χ1) is 9.34. The zero-order chi connectivity index (χ0) is 14.9.